The third-order valence-corrected chi connectivity index (χ3v) is 4.71. The molecule has 1 fully saturated rings. The maximum atomic E-state index is 13.3. The van der Waals surface area contributed by atoms with E-state index in [9.17, 15) is 4.39 Å². The Morgan fingerprint density at radius 3 is 2.76 bits per heavy atom. The number of nitrogens with zero attached hydrogens (tertiary/aromatic N) is 5. The Labute approximate surface area is 145 Å². The minimum Gasteiger partial charge on any atom is -0.363 e. The lowest BCUT2D eigenvalue weighted by Gasteiger charge is -2.31. The fraction of sp³-hybridized carbons (Fsp3) is 0.389. The molecule has 2 aromatic heterocycles. The van der Waals surface area contributed by atoms with Crippen LogP contribution in [0.1, 0.15) is 24.5 Å². The molecule has 1 aromatic carbocycles. The van der Waals surface area contributed by atoms with Crippen molar-refractivity contribution in [1.29, 1.82) is 0 Å². The van der Waals surface area contributed by atoms with E-state index in [1.54, 1.807) is 12.3 Å². The van der Waals surface area contributed by atoms with Crippen LogP contribution in [0.3, 0.4) is 0 Å². The normalized spacial score (nSPS) is 15.7. The predicted molar refractivity (Wildman–Crippen MR) is 94.5 cm³/mol. The van der Waals surface area contributed by atoms with E-state index >= 15 is 0 Å². The van der Waals surface area contributed by atoms with Crippen molar-refractivity contribution in [3.8, 4) is 0 Å². The highest BCUT2D eigenvalue weighted by Gasteiger charge is 2.26. The number of anilines is 2. The van der Waals surface area contributed by atoms with Gasteiger partial charge < -0.3 is 14.3 Å². The smallest absolute Gasteiger partial charge is 0.227 e. The Morgan fingerprint density at radius 1 is 1.20 bits per heavy atom. The van der Waals surface area contributed by atoms with Gasteiger partial charge in [0.1, 0.15) is 11.6 Å². The molecule has 130 valence electrons. The van der Waals surface area contributed by atoms with Gasteiger partial charge in [0.2, 0.25) is 5.95 Å². The molecule has 1 saturated heterocycles. The van der Waals surface area contributed by atoms with Crippen LogP contribution < -0.4 is 9.80 Å². The molecule has 0 unspecified atom stereocenters. The van der Waals surface area contributed by atoms with Crippen LogP contribution in [0.25, 0.3) is 11.0 Å². The number of aromatic nitrogens is 3. The van der Waals surface area contributed by atoms with E-state index in [4.69, 9.17) is 4.52 Å². The molecule has 0 radical (unpaired) electrons. The lowest BCUT2D eigenvalue weighted by molar-refractivity contribution is 0.415. The van der Waals surface area contributed by atoms with Gasteiger partial charge in [-0.3, -0.25) is 0 Å². The average Bonchev–Trinajstić information content (AvgIpc) is 3.05. The van der Waals surface area contributed by atoms with Gasteiger partial charge in [-0.1, -0.05) is 5.16 Å². The van der Waals surface area contributed by atoms with Gasteiger partial charge in [-0.05, 0) is 31.0 Å². The molecule has 7 heteroatoms. The van der Waals surface area contributed by atoms with E-state index in [2.05, 4.69) is 20.0 Å². The zero-order valence-corrected chi connectivity index (χ0v) is 14.3. The number of piperidine rings is 1. The van der Waals surface area contributed by atoms with Crippen LogP contribution in [0, 0.1) is 5.82 Å². The van der Waals surface area contributed by atoms with Gasteiger partial charge in [-0.2, -0.15) is 4.98 Å². The highest BCUT2D eigenvalue weighted by molar-refractivity contribution is 5.79. The standard InChI is InChI=1S/C18H20FN5O/c1-23(2)16-5-8-20-18(21-16)24-9-6-12(7-10-24)17-14-4-3-13(19)11-15(14)25-22-17/h3-5,8,11-12H,6-7,9-10H2,1-2H3. The molecule has 3 aromatic rings. The summed E-state index contributed by atoms with van der Waals surface area (Å²) in [6, 6.07) is 6.50. The van der Waals surface area contributed by atoms with E-state index in [-0.39, 0.29) is 5.82 Å². The Morgan fingerprint density at radius 2 is 2.00 bits per heavy atom. The predicted octanol–water partition coefficient (Wildman–Crippen LogP) is 3.21. The van der Waals surface area contributed by atoms with E-state index in [1.807, 2.05) is 25.1 Å². The molecule has 0 saturated carbocycles. The van der Waals surface area contributed by atoms with Crippen LogP contribution in [0.15, 0.2) is 35.0 Å². The van der Waals surface area contributed by atoms with E-state index in [0.29, 0.717) is 11.5 Å². The summed E-state index contributed by atoms with van der Waals surface area (Å²) in [4.78, 5) is 13.2. The van der Waals surface area contributed by atoms with Crippen molar-refractivity contribution >= 4 is 22.7 Å². The molecule has 25 heavy (non-hydrogen) atoms. The van der Waals surface area contributed by atoms with Gasteiger partial charge in [0.25, 0.3) is 0 Å². The summed E-state index contributed by atoms with van der Waals surface area (Å²) in [5.74, 6) is 1.66. The average molecular weight is 341 g/mol. The molecule has 4 rings (SSSR count). The Balaban J connectivity index is 1.50. The van der Waals surface area contributed by atoms with Crippen LogP contribution in [0.5, 0.6) is 0 Å². The van der Waals surface area contributed by atoms with E-state index < -0.39 is 0 Å². The number of rotatable bonds is 3. The van der Waals surface area contributed by atoms with Crippen molar-refractivity contribution in [2.24, 2.45) is 0 Å². The van der Waals surface area contributed by atoms with Crippen LogP contribution >= 0.6 is 0 Å². The first-order valence-electron chi connectivity index (χ1n) is 8.42. The fourth-order valence-electron chi connectivity index (χ4n) is 3.32. The quantitative estimate of drug-likeness (QED) is 0.729. The van der Waals surface area contributed by atoms with Crippen molar-refractivity contribution in [1.82, 2.24) is 15.1 Å². The second kappa shape index (κ2) is 6.31. The Bertz CT molecular complexity index is 886. The first kappa shape index (κ1) is 15.8. The molecule has 1 aliphatic rings. The summed E-state index contributed by atoms with van der Waals surface area (Å²) in [5.41, 5.74) is 1.44. The molecule has 0 spiro atoms. The van der Waals surface area contributed by atoms with Crippen LogP contribution in [-0.2, 0) is 0 Å². The molecular weight excluding hydrogens is 321 g/mol. The van der Waals surface area contributed by atoms with E-state index in [1.165, 1.54) is 12.1 Å². The Hall–Kier alpha value is -2.70. The maximum absolute atomic E-state index is 13.3. The monoisotopic (exact) mass is 341 g/mol. The SMILES string of the molecule is CN(C)c1ccnc(N2CCC(c3noc4cc(F)ccc34)CC2)n1. The van der Waals surface area contributed by atoms with Gasteiger partial charge in [-0.15, -0.1) is 0 Å². The lowest BCUT2D eigenvalue weighted by Crippen LogP contribution is -2.34. The number of halogens is 1. The summed E-state index contributed by atoms with van der Waals surface area (Å²) in [6.07, 6.45) is 3.67. The molecule has 0 N–H and O–H groups in total. The minimum atomic E-state index is -0.303. The molecule has 1 aliphatic heterocycles. The van der Waals surface area contributed by atoms with Crippen molar-refractivity contribution in [2.45, 2.75) is 18.8 Å². The summed E-state index contributed by atoms with van der Waals surface area (Å²) < 4.78 is 18.6. The second-order valence-electron chi connectivity index (χ2n) is 6.58. The van der Waals surface area contributed by atoms with Crippen LogP contribution in [-0.4, -0.2) is 42.3 Å². The van der Waals surface area contributed by atoms with Crippen LogP contribution in [0.4, 0.5) is 16.2 Å². The molecule has 3 heterocycles. The van der Waals surface area contributed by atoms with Gasteiger partial charge in [0.05, 0.1) is 5.69 Å². The third kappa shape index (κ3) is 3.01. The molecule has 0 amide bonds. The van der Waals surface area contributed by atoms with Crippen molar-refractivity contribution in [2.75, 3.05) is 37.0 Å². The van der Waals surface area contributed by atoms with Crippen molar-refractivity contribution in [3.63, 3.8) is 0 Å². The Kier molecular flexibility index (Phi) is 3.99. The first-order valence-corrected chi connectivity index (χ1v) is 8.42. The summed E-state index contributed by atoms with van der Waals surface area (Å²) in [5, 5.41) is 5.11. The van der Waals surface area contributed by atoms with Gasteiger partial charge in [0.15, 0.2) is 5.58 Å². The molecule has 0 aliphatic carbocycles. The molecule has 6 nitrogen and oxygen atoms in total. The second-order valence-corrected chi connectivity index (χ2v) is 6.58. The molecular formula is C18H20FN5O. The zero-order chi connectivity index (χ0) is 17.4. The third-order valence-electron chi connectivity index (χ3n) is 4.71. The fourth-order valence-corrected chi connectivity index (χ4v) is 3.32. The molecule has 0 bridgehead atoms. The van der Waals surface area contributed by atoms with Gasteiger partial charge in [0, 0.05) is 50.8 Å². The summed E-state index contributed by atoms with van der Waals surface area (Å²) in [7, 11) is 3.94. The number of fused-ring (bicyclic) bond motifs is 1. The van der Waals surface area contributed by atoms with E-state index in [0.717, 1.165) is 48.8 Å². The lowest BCUT2D eigenvalue weighted by atomic mass is 9.92. The highest BCUT2D eigenvalue weighted by Crippen LogP contribution is 2.33. The number of hydrogen-bond acceptors (Lipinski definition) is 6. The zero-order valence-electron chi connectivity index (χ0n) is 14.3. The molecule has 0 atom stereocenters. The topological polar surface area (TPSA) is 58.3 Å². The summed E-state index contributed by atoms with van der Waals surface area (Å²) >= 11 is 0. The summed E-state index contributed by atoms with van der Waals surface area (Å²) in [6.45, 7) is 1.72. The number of hydrogen-bond donors (Lipinski definition) is 0. The first-order chi connectivity index (χ1) is 12.1. The van der Waals surface area contributed by atoms with Gasteiger partial charge in [-0.25, -0.2) is 9.37 Å². The maximum Gasteiger partial charge on any atom is 0.227 e. The van der Waals surface area contributed by atoms with Gasteiger partial charge >= 0.3 is 0 Å². The van der Waals surface area contributed by atoms with Crippen molar-refractivity contribution in [3.05, 3.63) is 42.0 Å². The number of benzene rings is 1. The largest absolute Gasteiger partial charge is 0.363 e. The van der Waals surface area contributed by atoms with Crippen molar-refractivity contribution < 1.29 is 8.91 Å². The van der Waals surface area contributed by atoms with Crippen LogP contribution in [0.2, 0.25) is 0 Å². The minimum absolute atomic E-state index is 0.303. The highest BCUT2D eigenvalue weighted by atomic mass is 19.1.